The summed E-state index contributed by atoms with van der Waals surface area (Å²) in [5, 5.41) is 10.1. The van der Waals surface area contributed by atoms with Crippen LogP contribution < -0.4 is 5.73 Å². The molecule has 2 rings (SSSR count). The van der Waals surface area contributed by atoms with Gasteiger partial charge in [0, 0.05) is 6.04 Å². The van der Waals surface area contributed by atoms with Gasteiger partial charge in [0.1, 0.15) is 0 Å². The summed E-state index contributed by atoms with van der Waals surface area (Å²) >= 11 is 0. The van der Waals surface area contributed by atoms with Crippen LogP contribution in [0.1, 0.15) is 50.1 Å². The van der Waals surface area contributed by atoms with Gasteiger partial charge in [0.05, 0.1) is 6.10 Å². The van der Waals surface area contributed by atoms with Crippen molar-refractivity contribution in [3.05, 3.63) is 48.0 Å². The minimum absolute atomic E-state index is 0.0241. The third kappa shape index (κ3) is 4.48. The van der Waals surface area contributed by atoms with Gasteiger partial charge in [-0.2, -0.15) is 0 Å². The van der Waals surface area contributed by atoms with Crippen molar-refractivity contribution in [3.63, 3.8) is 0 Å². The molecule has 1 aliphatic rings. The maximum absolute atomic E-state index is 10.1. The van der Waals surface area contributed by atoms with Gasteiger partial charge in [0.15, 0.2) is 0 Å². The van der Waals surface area contributed by atoms with Crippen molar-refractivity contribution in [1.82, 2.24) is 0 Å². The van der Waals surface area contributed by atoms with Crippen LogP contribution in [-0.4, -0.2) is 11.2 Å². The summed E-state index contributed by atoms with van der Waals surface area (Å²) in [5.41, 5.74) is 7.28. The van der Waals surface area contributed by atoms with E-state index >= 15 is 0 Å². The normalized spacial score (nSPS) is 20.5. The van der Waals surface area contributed by atoms with Crippen LogP contribution in [0.15, 0.2) is 42.5 Å². The van der Waals surface area contributed by atoms with E-state index in [2.05, 4.69) is 12.1 Å². The van der Waals surface area contributed by atoms with Crippen molar-refractivity contribution in [2.75, 3.05) is 0 Å². The van der Waals surface area contributed by atoms with Crippen molar-refractivity contribution >= 4 is 0 Å². The maximum Gasteiger partial charge on any atom is 0.0749 e. The van der Waals surface area contributed by atoms with Gasteiger partial charge >= 0.3 is 0 Å². The third-order valence-electron chi connectivity index (χ3n) is 4.08. The molecule has 2 nitrogen and oxygen atoms in total. The first kappa shape index (κ1) is 14.3. The lowest BCUT2D eigenvalue weighted by molar-refractivity contribution is 0.125. The quantitative estimate of drug-likeness (QED) is 0.794. The molecule has 1 saturated carbocycles. The Morgan fingerprint density at radius 1 is 1.16 bits per heavy atom. The van der Waals surface area contributed by atoms with Crippen molar-refractivity contribution in [2.45, 2.75) is 50.7 Å². The van der Waals surface area contributed by atoms with Crippen LogP contribution in [0.25, 0.3) is 0 Å². The molecule has 0 unspecified atom stereocenters. The minimum Gasteiger partial charge on any atom is -0.389 e. The van der Waals surface area contributed by atoms with Gasteiger partial charge < -0.3 is 10.8 Å². The highest BCUT2D eigenvalue weighted by Gasteiger charge is 2.19. The van der Waals surface area contributed by atoms with Gasteiger partial charge in [-0.1, -0.05) is 61.7 Å². The summed E-state index contributed by atoms with van der Waals surface area (Å²) in [7, 11) is 0. The molecule has 0 saturated heterocycles. The van der Waals surface area contributed by atoms with Gasteiger partial charge in [-0.25, -0.2) is 0 Å². The van der Waals surface area contributed by atoms with Crippen LogP contribution in [0, 0.1) is 5.92 Å². The van der Waals surface area contributed by atoms with E-state index in [9.17, 15) is 5.11 Å². The number of benzene rings is 1. The Kier molecular flexibility index (Phi) is 5.62. The molecule has 1 aromatic carbocycles. The maximum atomic E-state index is 10.1. The Hall–Kier alpha value is -1.12. The molecule has 1 fully saturated rings. The fourth-order valence-electron chi connectivity index (χ4n) is 2.83. The Bertz CT molecular complexity index is 382. The van der Waals surface area contributed by atoms with Gasteiger partial charge in [-0.15, -0.1) is 0 Å². The topological polar surface area (TPSA) is 46.2 Å². The predicted molar refractivity (Wildman–Crippen MR) is 79.7 cm³/mol. The van der Waals surface area contributed by atoms with Crippen LogP contribution in [-0.2, 0) is 0 Å². The zero-order valence-electron chi connectivity index (χ0n) is 11.5. The van der Waals surface area contributed by atoms with E-state index in [1.807, 2.05) is 30.4 Å². The second-order valence-electron chi connectivity index (χ2n) is 5.57. The molecule has 2 atom stereocenters. The minimum atomic E-state index is -0.289. The summed E-state index contributed by atoms with van der Waals surface area (Å²) in [4.78, 5) is 0. The molecule has 19 heavy (non-hydrogen) atoms. The molecule has 104 valence electrons. The Balaban J connectivity index is 1.79. The van der Waals surface area contributed by atoms with E-state index in [0.717, 1.165) is 24.8 Å². The molecule has 1 aliphatic carbocycles. The standard InChI is InChI=1S/C17H25NO/c18-16(14-8-3-1-4-9-14)12-7-13-17(19)15-10-5-2-6-11-15/h1,3-4,7-9,13,15-17,19H,2,5-6,10-12,18H2/b13-7-/t16-,17+/m0/s1. The van der Waals surface area contributed by atoms with Crippen molar-refractivity contribution in [3.8, 4) is 0 Å². The largest absolute Gasteiger partial charge is 0.389 e. The number of rotatable bonds is 5. The lowest BCUT2D eigenvalue weighted by atomic mass is 9.85. The van der Waals surface area contributed by atoms with Gasteiger partial charge in [0.25, 0.3) is 0 Å². The monoisotopic (exact) mass is 259 g/mol. The smallest absolute Gasteiger partial charge is 0.0749 e. The van der Waals surface area contributed by atoms with Gasteiger partial charge in [-0.3, -0.25) is 0 Å². The van der Waals surface area contributed by atoms with Gasteiger partial charge in [-0.05, 0) is 30.7 Å². The second-order valence-corrected chi connectivity index (χ2v) is 5.57. The Morgan fingerprint density at radius 2 is 1.84 bits per heavy atom. The van der Waals surface area contributed by atoms with Crippen molar-refractivity contribution in [2.24, 2.45) is 11.7 Å². The lowest BCUT2D eigenvalue weighted by Gasteiger charge is -2.24. The summed E-state index contributed by atoms with van der Waals surface area (Å²) in [6.07, 6.45) is 10.7. The zero-order chi connectivity index (χ0) is 13.5. The van der Waals surface area contributed by atoms with E-state index in [-0.39, 0.29) is 12.1 Å². The Morgan fingerprint density at radius 3 is 2.53 bits per heavy atom. The average Bonchev–Trinajstić information content (AvgIpc) is 2.49. The number of nitrogens with two attached hydrogens (primary N) is 1. The number of aliphatic hydroxyl groups is 1. The van der Waals surface area contributed by atoms with E-state index in [1.165, 1.54) is 19.3 Å². The molecular formula is C17H25NO. The highest BCUT2D eigenvalue weighted by atomic mass is 16.3. The van der Waals surface area contributed by atoms with Gasteiger partial charge in [0.2, 0.25) is 0 Å². The van der Waals surface area contributed by atoms with E-state index in [0.29, 0.717) is 5.92 Å². The molecule has 0 aromatic heterocycles. The molecule has 0 bridgehead atoms. The van der Waals surface area contributed by atoms with E-state index in [4.69, 9.17) is 5.73 Å². The molecule has 0 heterocycles. The lowest BCUT2D eigenvalue weighted by Crippen LogP contribution is -2.20. The molecule has 1 aromatic rings. The summed E-state index contributed by atoms with van der Waals surface area (Å²) in [6, 6.07) is 10.1. The highest BCUT2D eigenvalue weighted by Crippen LogP contribution is 2.27. The predicted octanol–water partition coefficient (Wildman–Crippen LogP) is 3.57. The molecule has 0 amide bonds. The summed E-state index contributed by atoms with van der Waals surface area (Å²) < 4.78 is 0. The average molecular weight is 259 g/mol. The van der Waals surface area contributed by atoms with Crippen LogP contribution >= 0.6 is 0 Å². The van der Waals surface area contributed by atoms with Crippen LogP contribution in [0.3, 0.4) is 0 Å². The van der Waals surface area contributed by atoms with Crippen molar-refractivity contribution in [1.29, 1.82) is 0 Å². The first-order chi connectivity index (χ1) is 9.27. The van der Waals surface area contributed by atoms with Crippen LogP contribution in [0.4, 0.5) is 0 Å². The third-order valence-corrected chi connectivity index (χ3v) is 4.08. The fraction of sp³-hybridized carbons (Fsp3) is 0.529. The molecule has 0 radical (unpaired) electrons. The van der Waals surface area contributed by atoms with Crippen LogP contribution in [0.5, 0.6) is 0 Å². The molecule has 0 spiro atoms. The first-order valence-electron chi connectivity index (χ1n) is 7.42. The molecule has 3 N–H and O–H groups in total. The zero-order valence-corrected chi connectivity index (χ0v) is 11.5. The first-order valence-corrected chi connectivity index (χ1v) is 7.42. The molecular weight excluding hydrogens is 234 g/mol. The second kappa shape index (κ2) is 7.46. The number of aliphatic hydroxyl groups excluding tert-OH is 1. The Labute approximate surface area is 116 Å². The summed E-state index contributed by atoms with van der Waals surface area (Å²) in [5.74, 6) is 0.456. The van der Waals surface area contributed by atoms with E-state index < -0.39 is 0 Å². The number of hydrogen-bond acceptors (Lipinski definition) is 2. The summed E-state index contributed by atoms with van der Waals surface area (Å²) in [6.45, 7) is 0. The fourth-order valence-corrected chi connectivity index (χ4v) is 2.83. The molecule has 0 aliphatic heterocycles. The van der Waals surface area contributed by atoms with E-state index in [1.54, 1.807) is 0 Å². The molecule has 2 heteroatoms. The van der Waals surface area contributed by atoms with Crippen LogP contribution in [0.2, 0.25) is 0 Å². The van der Waals surface area contributed by atoms with Crippen molar-refractivity contribution < 1.29 is 5.11 Å². The highest BCUT2D eigenvalue weighted by molar-refractivity contribution is 5.19. The SMILES string of the molecule is N[C@@H](C/C=C\[C@@H](O)C1CCCCC1)c1ccccc1. The number of hydrogen-bond donors (Lipinski definition) is 2.